The highest BCUT2D eigenvalue weighted by atomic mass is 16.5. The van der Waals surface area contributed by atoms with Crippen LogP contribution in [-0.2, 0) is 9.53 Å². The molecule has 50 valence electrons. The maximum absolute atomic E-state index is 10.7. The van der Waals surface area contributed by atoms with E-state index in [0.29, 0.717) is 0 Å². The highest BCUT2D eigenvalue weighted by Crippen LogP contribution is 2.25. The summed E-state index contributed by atoms with van der Waals surface area (Å²) in [6, 6.07) is 0. The van der Waals surface area contributed by atoms with Gasteiger partial charge in [0.1, 0.15) is 6.23 Å². The number of hydrogen-bond donors (Lipinski definition) is 1. The molecule has 0 aromatic rings. The van der Waals surface area contributed by atoms with Crippen LogP contribution >= 0.6 is 0 Å². The monoisotopic (exact) mass is 127 g/mol. The molecule has 3 nitrogen and oxygen atoms in total. The fraction of sp³-hybridized carbons (Fsp3) is 0.833. The first kappa shape index (κ1) is 5.23. The Morgan fingerprint density at radius 3 is 3.11 bits per heavy atom. The largest absolute Gasteiger partial charge is 0.358 e. The molecule has 0 saturated carbocycles. The minimum absolute atomic E-state index is 0.0613. The molecule has 1 amide bonds. The van der Waals surface area contributed by atoms with Gasteiger partial charge < -0.3 is 10.1 Å². The van der Waals surface area contributed by atoms with Crippen LogP contribution < -0.4 is 5.32 Å². The van der Waals surface area contributed by atoms with Crippen molar-refractivity contribution in [3.8, 4) is 0 Å². The maximum atomic E-state index is 10.7. The van der Waals surface area contributed by atoms with Crippen LogP contribution in [0.3, 0.4) is 0 Å². The normalized spacial score (nSPS) is 40.7. The van der Waals surface area contributed by atoms with Gasteiger partial charge in [-0.3, -0.25) is 4.79 Å². The predicted molar refractivity (Wildman–Crippen MR) is 30.6 cm³/mol. The molecule has 2 aliphatic rings. The van der Waals surface area contributed by atoms with Crippen molar-refractivity contribution in [2.45, 2.75) is 19.1 Å². The average Bonchev–Trinajstić information content (AvgIpc) is 1.86. The molecule has 0 aromatic heterocycles. The van der Waals surface area contributed by atoms with Gasteiger partial charge in [0.05, 0.1) is 5.92 Å². The molecule has 3 heteroatoms. The van der Waals surface area contributed by atoms with Gasteiger partial charge >= 0.3 is 0 Å². The Kier molecular flexibility index (Phi) is 0.990. The van der Waals surface area contributed by atoms with E-state index in [4.69, 9.17) is 4.74 Å². The number of nitrogens with one attached hydrogen (secondary N) is 1. The zero-order chi connectivity index (χ0) is 6.27. The highest BCUT2D eigenvalue weighted by molar-refractivity contribution is 5.85. The van der Waals surface area contributed by atoms with Gasteiger partial charge in [0, 0.05) is 6.61 Å². The van der Waals surface area contributed by atoms with Crippen LogP contribution in [0.4, 0.5) is 0 Å². The molecular weight excluding hydrogens is 118 g/mol. The fourth-order valence-corrected chi connectivity index (χ4v) is 1.34. The molecule has 2 saturated heterocycles. The second-order valence-corrected chi connectivity index (χ2v) is 2.55. The number of carbonyl (C=O) groups excluding carboxylic acids is 1. The minimum atomic E-state index is 0.0613. The summed E-state index contributed by atoms with van der Waals surface area (Å²) in [6.07, 6.45) is 2.11. The van der Waals surface area contributed by atoms with Crippen molar-refractivity contribution in [1.82, 2.24) is 5.32 Å². The third kappa shape index (κ3) is 0.645. The third-order valence-electron chi connectivity index (χ3n) is 1.94. The molecule has 0 radical (unpaired) electrons. The van der Waals surface area contributed by atoms with Gasteiger partial charge in [0.2, 0.25) is 5.91 Å². The predicted octanol–water partition coefficient (Wildman–Crippen LogP) is -0.131. The van der Waals surface area contributed by atoms with Crippen molar-refractivity contribution in [2.75, 3.05) is 6.61 Å². The lowest BCUT2D eigenvalue weighted by molar-refractivity contribution is -0.161. The first-order chi connectivity index (χ1) is 4.38. The van der Waals surface area contributed by atoms with Gasteiger partial charge in [-0.2, -0.15) is 0 Å². The Balaban J connectivity index is 2.01. The lowest BCUT2D eigenvalue weighted by Crippen LogP contribution is -2.61. The van der Waals surface area contributed by atoms with Crippen molar-refractivity contribution in [3.63, 3.8) is 0 Å². The summed E-state index contributed by atoms with van der Waals surface area (Å²) in [5, 5.41) is 2.68. The van der Waals surface area contributed by atoms with E-state index < -0.39 is 0 Å². The topological polar surface area (TPSA) is 38.3 Å². The summed E-state index contributed by atoms with van der Waals surface area (Å²) in [5.74, 6) is 0.346. The van der Waals surface area contributed by atoms with E-state index in [1.807, 2.05) is 0 Å². The van der Waals surface area contributed by atoms with Crippen molar-refractivity contribution in [2.24, 2.45) is 5.92 Å². The molecule has 0 spiro atoms. The van der Waals surface area contributed by atoms with Crippen LogP contribution in [0.5, 0.6) is 0 Å². The number of ether oxygens (including phenoxy) is 1. The van der Waals surface area contributed by atoms with E-state index in [-0.39, 0.29) is 18.1 Å². The third-order valence-corrected chi connectivity index (χ3v) is 1.94. The molecule has 2 rings (SSSR count). The number of amides is 1. The quantitative estimate of drug-likeness (QED) is 0.460. The summed E-state index contributed by atoms with van der Waals surface area (Å²) in [5.41, 5.74) is 0. The lowest BCUT2D eigenvalue weighted by Gasteiger charge is -2.39. The molecule has 9 heavy (non-hydrogen) atoms. The second kappa shape index (κ2) is 1.70. The van der Waals surface area contributed by atoms with Gasteiger partial charge in [-0.25, -0.2) is 0 Å². The van der Waals surface area contributed by atoms with Crippen molar-refractivity contribution < 1.29 is 9.53 Å². The van der Waals surface area contributed by atoms with Gasteiger partial charge in [-0.1, -0.05) is 0 Å². The molecule has 2 unspecified atom stereocenters. The summed E-state index contributed by atoms with van der Waals surface area (Å²) >= 11 is 0. The zero-order valence-corrected chi connectivity index (χ0v) is 5.09. The number of rotatable bonds is 0. The Morgan fingerprint density at radius 1 is 1.67 bits per heavy atom. The standard InChI is InChI=1S/C6H9NO2/c8-5-4-2-1-3-9-6(4)7-5/h4,6H,1-3H2,(H,7,8). The number of carbonyl (C=O) groups is 1. The van der Waals surface area contributed by atoms with E-state index >= 15 is 0 Å². The van der Waals surface area contributed by atoms with Crippen LogP contribution in [0.25, 0.3) is 0 Å². The van der Waals surface area contributed by atoms with E-state index in [2.05, 4.69) is 5.32 Å². The first-order valence-electron chi connectivity index (χ1n) is 3.30. The summed E-state index contributed by atoms with van der Waals surface area (Å²) in [6.45, 7) is 0.807. The Labute approximate surface area is 53.4 Å². The van der Waals surface area contributed by atoms with Crippen LogP contribution in [-0.4, -0.2) is 18.7 Å². The van der Waals surface area contributed by atoms with E-state index in [9.17, 15) is 4.79 Å². The van der Waals surface area contributed by atoms with Crippen LogP contribution in [0.2, 0.25) is 0 Å². The molecule has 2 atom stereocenters. The zero-order valence-electron chi connectivity index (χ0n) is 5.09. The highest BCUT2D eigenvalue weighted by Gasteiger charge is 2.41. The lowest BCUT2D eigenvalue weighted by atomic mass is 9.92. The van der Waals surface area contributed by atoms with Crippen molar-refractivity contribution in [1.29, 1.82) is 0 Å². The van der Waals surface area contributed by atoms with Crippen LogP contribution in [0.15, 0.2) is 0 Å². The maximum Gasteiger partial charge on any atom is 0.229 e. The Hall–Kier alpha value is -0.570. The van der Waals surface area contributed by atoms with Gasteiger partial charge in [-0.15, -0.1) is 0 Å². The first-order valence-corrected chi connectivity index (χ1v) is 3.30. The molecule has 1 N–H and O–H groups in total. The number of fused-ring (bicyclic) bond motifs is 1. The number of β-lactam (4-membered cyclic amide) rings is 1. The van der Waals surface area contributed by atoms with E-state index in [1.54, 1.807) is 0 Å². The molecule has 2 heterocycles. The van der Waals surface area contributed by atoms with Crippen molar-refractivity contribution >= 4 is 5.91 Å². The summed E-state index contributed by atoms with van der Waals surface area (Å²) in [7, 11) is 0. The average molecular weight is 127 g/mol. The smallest absolute Gasteiger partial charge is 0.229 e. The molecule has 0 aromatic carbocycles. The van der Waals surface area contributed by atoms with E-state index in [0.717, 1.165) is 19.4 Å². The van der Waals surface area contributed by atoms with Gasteiger partial charge in [0.25, 0.3) is 0 Å². The summed E-state index contributed by atoms with van der Waals surface area (Å²) in [4.78, 5) is 10.7. The number of hydrogen-bond acceptors (Lipinski definition) is 2. The molecule has 0 bridgehead atoms. The molecular formula is C6H9NO2. The van der Waals surface area contributed by atoms with Crippen molar-refractivity contribution in [3.05, 3.63) is 0 Å². The Morgan fingerprint density at radius 2 is 2.56 bits per heavy atom. The molecule has 2 aliphatic heterocycles. The second-order valence-electron chi connectivity index (χ2n) is 2.55. The van der Waals surface area contributed by atoms with E-state index in [1.165, 1.54) is 0 Å². The Bertz CT molecular complexity index is 146. The van der Waals surface area contributed by atoms with Gasteiger partial charge in [0.15, 0.2) is 0 Å². The van der Waals surface area contributed by atoms with Gasteiger partial charge in [-0.05, 0) is 12.8 Å². The molecule has 0 aliphatic carbocycles. The molecule has 2 fully saturated rings. The summed E-state index contributed by atoms with van der Waals surface area (Å²) < 4.78 is 5.22. The van der Waals surface area contributed by atoms with Crippen LogP contribution in [0.1, 0.15) is 12.8 Å². The van der Waals surface area contributed by atoms with Crippen LogP contribution in [0, 0.1) is 5.92 Å². The SMILES string of the molecule is O=C1NC2OCCCC12. The minimum Gasteiger partial charge on any atom is -0.358 e. The fourth-order valence-electron chi connectivity index (χ4n) is 1.34.